The van der Waals surface area contributed by atoms with Crippen molar-refractivity contribution >= 4 is 43.6 Å². The lowest BCUT2D eigenvalue weighted by Gasteiger charge is -2.12. The minimum Gasteiger partial charge on any atom is -0.309 e. The second-order valence-electron chi connectivity index (χ2n) is 12.4. The minimum atomic E-state index is 0.791. The van der Waals surface area contributed by atoms with Gasteiger partial charge < -0.3 is 9.13 Å². The summed E-state index contributed by atoms with van der Waals surface area (Å²) >= 11 is 0. The number of para-hydroxylation sites is 5. The summed E-state index contributed by atoms with van der Waals surface area (Å²) in [7, 11) is 0. The summed E-state index contributed by atoms with van der Waals surface area (Å²) in [6.45, 7) is 0. The third-order valence-electron chi connectivity index (χ3n) is 9.57. The molecule has 0 aliphatic carbocycles. The van der Waals surface area contributed by atoms with E-state index in [-0.39, 0.29) is 0 Å². The van der Waals surface area contributed by atoms with E-state index in [1.165, 1.54) is 32.6 Å². The van der Waals surface area contributed by atoms with Gasteiger partial charge in [0, 0.05) is 49.7 Å². The van der Waals surface area contributed by atoms with Gasteiger partial charge in [0.1, 0.15) is 0 Å². The van der Waals surface area contributed by atoms with Gasteiger partial charge in [0.2, 0.25) is 0 Å². The van der Waals surface area contributed by atoms with Gasteiger partial charge in [-0.25, -0.2) is 0 Å². The van der Waals surface area contributed by atoms with Crippen LogP contribution in [0.15, 0.2) is 176 Å². The molecule has 0 unspecified atom stereocenters. The molecule has 0 aliphatic rings. The first-order valence-electron chi connectivity index (χ1n) is 16.5. The molecule has 0 saturated heterocycles. The summed E-state index contributed by atoms with van der Waals surface area (Å²) in [5.41, 5.74) is 9.90. The third-order valence-corrected chi connectivity index (χ3v) is 9.57. The predicted molar refractivity (Wildman–Crippen MR) is 201 cm³/mol. The van der Waals surface area contributed by atoms with Gasteiger partial charge in [0.25, 0.3) is 0 Å². The molecule has 0 amide bonds. The van der Waals surface area contributed by atoms with Gasteiger partial charge in [-0.15, -0.1) is 10.2 Å². The molecule has 0 N–H and O–H groups in total. The molecule has 5 heteroatoms. The number of fused-ring (bicyclic) bond motifs is 6. The van der Waals surface area contributed by atoms with E-state index in [4.69, 9.17) is 10.2 Å². The van der Waals surface area contributed by atoms with Crippen molar-refractivity contribution in [1.82, 2.24) is 23.9 Å². The first-order chi connectivity index (χ1) is 24.3. The number of aromatic nitrogens is 5. The lowest BCUT2D eigenvalue weighted by molar-refractivity contribution is 1.07. The average Bonchev–Trinajstić information content (AvgIpc) is 3.86. The van der Waals surface area contributed by atoms with E-state index < -0.39 is 0 Å². The molecular weight excluding hydrogens is 599 g/mol. The van der Waals surface area contributed by atoms with Crippen LogP contribution in [-0.4, -0.2) is 23.9 Å². The van der Waals surface area contributed by atoms with Gasteiger partial charge in [-0.05, 0) is 72.8 Å². The molecule has 0 saturated carbocycles. The van der Waals surface area contributed by atoms with Crippen molar-refractivity contribution in [3.05, 3.63) is 176 Å². The fourth-order valence-electron chi connectivity index (χ4n) is 7.41. The SMILES string of the molecule is c1ccc(-n2c(-c3ccc4c(c3)c3ccccc3n4-c3ccccc3)nnc2-c2ccc3c4ccccc4n(-c4ccccc4)c3c2)cc1. The highest BCUT2D eigenvalue weighted by Crippen LogP contribution is 2.38. The van der Waals surface area contributed by atoms with E-state index in [9.17, 15) is 0 Å². The zero-order chi connectivity index (χ0) is 32.3. The molecule has 0 atom stereocenters. The quantitative estimate of drug-likeness (QED) is 0.190. The number of rotatable bonds is 5. The van der Waals surface area contributed by atoms with E-state index in [1.54, 1.807) is 0 Å². The van der Waals surface area contributed by atoms with Crippen LogP contribution >= 0.6 is 0 Å². The van der Waals surface area contributed by atoms with E-state index in [2.05, 4.69) is 184 Å². The molecule has 3 aromatic heterocycles. The van der Waals surface area contributed by atoms with Crippen LogP contribution < -0.4 is 0 Å². The van der Waals surface area contributed by atoms with Crippen LogP contribution in [0.5, 0.6) is 0 Å². The van der Waals surface area contributed by atoms with E-state index in [0.717, 1.165) is 50.9 Å². The van der Waals surface area contributed by atoms with E-state index in [1.807, 2.05) is 6.07 Å². The van der Waals surface area contributed by atoms with Crippen LogP contribution in [0.3, 0.4) is 0 Å². The van der Waals surface area contributed by atoms with Gasteiger partial charge in [0.05, 0.1) is 22.1 Å². The standard InChI is InChI=1S/C44H29N5/c1-4-14-32(15-5-1)47-40-23-13-11-21-36(40)38-28-30(25-27-41(38)47)43-45-46-44(49(43)34-18-8-3-9-19-34)31-24-26-37-35-20-10-12-22-39(35)48(42(37)29-31)33-16-6-2-7-17-33/h1-29H. The Kier molecular flexibility index (Phi) is 6.11. The monoisotopic (exact) mass is 627 g/mol. The van der Waals surface area contributed by atoms with Crippen LogP contribution in [0.4, 0.5) is 0 Å². The zero-order valence-electron chi connectivity index (χ0n) is 26.5. The predicted octanol–water partition coefficient (Wildman–Crippen LogP) is 10.8. The highest BCUT2D eigenvalue weighted by Gasteiger charge is 2.21. The van der Waals surface area contributed by atoms with Gasteiger partial charge in [-0.2, -0.15) is 0 Å². The molecule has 5 nitrogen and oxygen atoms in total. The van der Waals surface area contributed by atoms with Crippen molar-refractivity contribution in [2.24, 2.45) is 0 Å². The Morgan fingerprint density at radius 3 is 1.29 bits per heavy atom. The van der Waals surface area contributed by atoms with Crippen molar-refractivity contribution in [3.63, 3.8) is 0 Å². The average molecular weight is 628 g/mol. The summed E-state index contributed by atoms with van der Waals surface area (Å²) in [5.74, 6) is 1.59. The van der Waals surface area contributed by atoms with E-state index in [0.29, 0.717) is 0 Å². The van der Waals surface area contributed by atoms with E-state index >= 15 is 0 Å². The summed E-state index contributed by atoms with van der Waals surface area (Å²) in [5, 5.41) is 14.6. The number of nitrogens with zero attached hydrogens (tertiary/aromatic N) is 5. The first-order valence-corrected chi connectivity index (χ1v) is 16.5. The number of benzene rings is 7. The molecule has 7 aromatic carbocycles. The van der Waals surface area contributed by atoms with Crippen molar-refractivity contribution in [2.45, 2.75) is 0 Å². The smallest absolute Gasteiger partial charge is 0.168 e. The summed E-state index contributed by atoms with van der Waals surface area (Å²) < 4.78 is 6.87. The molecule has 0 aliphatic heterocycles. The molecular formula is C44H29N5. The Balaban J connectivity index is 1.20. The fourth-order valence-corrected chi connectivity index (χ4v) is 7.41. The van der Waals surface area contributed by atoms with Crippen LogP contribution in [0, 0.1) is 0 Å². The van der Waals surface area contributed by atoms with Crippen molar-refractivity contribution in [2.75, 3.05) is 0 Å². The summed E-state index contributed by atoms with van der Waals surface area (Å²) in [4.78, 5) is 0. The molecule has 49 heavy (non-hydrogen) atoms. The van der Waals surface area contributed by atoms with Gasteiger partial charge in [0.15, 0.2) is 11.6 Å². The molecule has 10 rings (SSSR count). The van der Waals surface area contributed by atoms with Crippen LogP contribution in [0.1, 0.15) is 0 Å². The summed E-state index contributed by atoms with van der Waals surface area (Å²) in [6.07, 6.45) is 0. The van der Waals surface area contributed by atoms with Crippen molar-refractivity contribution in [3.8, 4) is 39.8 Å². The first kappa shape index (κ1) is 27.4. The highest BCUT2D eigenvalue weighted by molar-refractivity contribution is 6.11. The Morgan fingerprint density at radius 2 is 0.694 bits per heavy atom. The van der Waals surface area contributed by atoms with Crippen LogP contribution in [0.25, 0.3) is 83.4 Å². The fraction of sp³-hybridized carbons (Fsp3) is 0. The van der Waals surface area contributed by atoms with Gasteiger partial charge in [-0.1, -0.05) is 103 Å². The maximum Gasteiger partial charge on any atom is 0.168 e. The minimum absolute atomic E-state index is 0.791. The number of hydrogen-bond donors (Lipinski definition) is 0. The Bertz CT molecular complexity index is 2810. The lowest BCUT2D eigenvalue weighted by Crippen LogP contribution is -2.00. The normalized spacial score (nSPS) is 11.7. The molecule has 0 spiro atoms. The topological polar surface area (TPSA) is 40.6 Å². The Morgan fingerprint density at radius 1 is 0.286 bits per heavy atom. The summed E-state index contributed by atoms with van der Waals surface area (Å²) in [6, 6.07) is 62.0. The van der Waals surface area contributed by atoms with Gasteiger partial charge >= 0.3 is 0 Å². The zero-order valence-corrected chi connectivity index (χ0v) is 26.5. The van der Waals surface area contributed by atoms with Crippen molar-refractivity contribution < 1.29 is 0 Å². The van der Waals surface area contributed by atoms with Crippen LogP contribution in [-0.2, 0) is 0 Å². The third kappa shape index (κ3) is 4.26. The highest BCUT2D eigenvalue weighted by atomic mass is 15.3. The largest absolute Gasteiger partial charge is 0.309 e. The Hall–Kier alpha value is -6.72. The van der Waals surface area contributed by atoms with Gasteiger partial charge in [-0.3, -0.25) is 4.57 Å². The maximum absolute atomic E-state index is 4.90. The van der Waals surface area contributed by atoms with Crippen molar-refractivity contribution in [1.29, 1.82) is 0 Å². The molecule has 3 heterocycles. The number of hydrogen-bond acceptors (Lipinski definition) is 2. The Labute approximate surface area is 282 Å². The second-order valence-corrected chi connectivity index (χ2v) is 12.4. The maximum atomic E-state index is 4.90. The molecule has 10 aromatic rings. The van der Waals surface area contributed by atoms with Crippen LogP contribution in [0.2, 0.25) is 0 Å². The molecule has 0 radical (unpaired) electrons. The molecule has 230 valence electrons. The molecule has 0 fully saturated rings. The molecule has 0 bridgehead atoms. The lowest BCUT2D eigenvalue weighted by atomic mass is 10.1. The second kappa shape index (κ2) is 10.9.